The lowest BCUT2D eigenvalue weighted by molar-refractivity contribution is 0.0488. The second-order valence-corrected chi connectivity index (χ2v) is 4.55. The Labute approximate surface area is 123 Å². The second kappa shape index (κ2) is 6.42. The van der Waals surface area contributed by atoms with Crippen LogP contribution in [0.2, 0.25) is 0 Å². The van der Waals surface area contributed by atoms with Crippen LogP contribution in [0.4, 0.5) is 0 Å². The third-order valence-corrected chi connectivity index (χ3v) is 2.78. The maximum Gasteiger partial charge on any atom is 0.374 e. The van der Waals surface area contributed by atoms with Gasteiger partial charge in [0.25, 0.3) is 5.91 Å². The Hall–Kier alpha value is -2.02. The minimum atomic E-state index is -0.528. The Balaban J connectivity index is 1.91. The van der Waals surface area contributed by atoms with Crippen molar-refractivity contribution in [3.8, 4) is 0 Å². The summed E-state index contributed by atoms with van der Waals surface area (Å²) < 4.78 is 15.6. The SMILES string of the molecule is CCOC(=O)c1ccc(CNC(=O)c2ccc(Br)o2)o1. The number of hydrogen-bond donors (Lipinski definition) is 1. The Morgan fingerprint density at radius 3 is 2.60 bits per heavy atom. The van der Waals surface area contributed by atoms with Crippen LogP contribution in [0.25, 0.3) is 0 Å². The highest BCUT2D eigenvalue weighted by Crippen LogP contribution is 2.14. The van der Waals surface area contributed by atoms with Gasteiger partial charge in [-0.25, -0.2) is 4.79 Å². The molecule has 20 heavy (non-hydrogen) atoms. The molecule has 0 atom stereocenters. The first-order valence-electron chi connectivity index (χ1n) is 5.89. The van der Waals surface area contributed by atoms with Crippen LogP contribution >= 0.6 is 15.9 Å². The van der Waals surface area contributed by atoms with E-state index in [9.17, 15) is 9.59 Å². The summed E-state index contributed by atoms with van der Waals surface area (Å²) in [6.45, 7) is 2.14. The summed E-state index contributed by atoms with van der Waals surface area (Å²) in [5.74, 6) is -0.150. The van der Waals surface area contributed by atoms with E-state index in [-0.39, 0.29) is 30.6 Å². The maximum absolute atomic E-state index is 11.7. The molecule has 2 rings (SSSR count). The minimum Gasteiger partial charge on any atom is -0.460 e. The molecule has 0 fully saturated rings. The van der Waals surface area contributed by atoms with Gasteiger partial charge in [-0.15, -0.1) is 0 Å². The number of carbonyl (C=O) groups is 2. The van der Waals surface area contributed by atoms with Crippen molar-refractivity contribution in [2.75, 3.05) is 6.61 Å². The molecule has 0 aromatic carbocycles. The third-order valence-electron chi connectivity index (χ3n) is 2.36. The molecule has 6 nitrogen and oxygen atoms in total. The quantitative estimate of drug-likeness (QED) is 0.845. The molecule has 2 aromatic heterocycles. The molecule has 106 valence electrons. The van der Waals surface area contributed by atoms with E-state index in [0.717, 1.165) is 0 Å². The number of hydrogen-bond acceptors (Lipinski definition) is 5. The van der Waals surface area contributed by atoms with Crippen molar-refractivity contribution in [1.82, 2.24) is 5.32 Å². The van der Waals surface area contributed by atoms with E-state index in [0.29, 0.717) is 10.4 Å². The van der Waals surface area contributed by atoms with Gasteiger partial charge in [0.2, 0.25) is 5.76 Å². The van der Waals surface area contributed by atoms with Crippen LogP contribution in [-0.2, 0) is 11.3 Å². The zero-order valence-corrected chi connectivity index (χ0v) is 12.2. The van der Waals surface area contributed by atoms with Crippen LogP contribution in [0.1, 0.15) is 33.8 Å². The fourth-order valence-electron chi connectivity index (χ4n) is 1.48. The number of nitrogens with one attached hydrogen (secondary N) is 1. The fourth-order valence-corrected chi connectivity index (χ4v) is 1.78. The number of halogens is 1. The molecule has 0 aliphatic rings. The Morgan fingerprint density at radius 2 is 1.95 bits per heavy atom. The number of furan rings is 2. The first-order valence-corrected chi connectivity index (χ1v) is 6.69. The van der Waals surface area contributed by atoms with Crippen LogP contribution in [-0.4, -0.2) is 18.5 Å². The highest BCUT2D eigenvalue weighted by molar-refractivity contribution is 9.10. The molecule has 0 aliphatic heterocycles. The molecule has 1 amide bonds. The number of ether oxygens (including phenoxy) is 1. The highest BCUT2D eigenvalue weighted by Gasteiger charge is 2.14. The van der Waals surface area contributed by atoms with Crippen molar-refractivity contribution in [3.63, 3.8) is 0 Å². The summed E-state index contributed by atoms with van der Waals surface area (Å²) >= 11 is 3.11. The molecule has 0 bridgehead atoms. The van der Waals surface area contributed by atoms with Crippen LogP contribution in [0.5, 0.6) is 0 Å². The molecule has 1 N–H and O–H groups in total. The van der Waals surface area contributed by atoms with Gasteiger partial charge in [0.1, 0.15) is 5.76 Å². The van der Waals surface area contributed by atoms with Crippen molar-refractivity contribution < 1.29 is 23.2 Å². The zero-order valence-electron chi connectivity index (χ0n) is 10.6. The fraction of sp³-hybridized carbons (Fsp3) is 0.231. The van der Waals surface area contributed by atoms with Crippen molar-refractivity contribution >= 4 is 27.8 Å². The van der Waals surface area contributed by atoms with Crippen molar-refractivity contribution in [2.45, 2.75) is 13.5 Å². The van der Waals surface area contributed by atoms with E-state index in [4.69, 9.17) is 13.6 Å². The lowest BCUT2D eigenvalue weighted by atomic mass is 10.4. The second-order valence-electron chi connectivity index (χ2n) is 3.77. The number of rotatable bonds is 5. The van der Waals surface area contributed by atoms with Crippen LogP contribution in [0.3, 0.4) is 0 Å². The highest BCUT2D eigenvalue weighted by atomic mass is 79.9. The van der Waals surface area contributed by atoms with E-state index < -0.39 is 5.97 Å². The molecule has 0 saturated carbocycles. The first-order chi connectivity index (χ1) is 9.60. The largest absolute Gasteiger partial charge is 0.460 e. The average molecular weight is 342 g/mol. The van der Waals surface area contributed by atoms with Crippen molar-refractivity contribution in [3.05, 3.63) is 46.2 Å². The van der Waals surface area contributed by atoms with Gasteiger partial charge in [-0.2, -0.15) is 0 Å². The maximum atomic E-state index is 11.7. The van der Waals surface area contributed by atoms with Crippen LogP contribution < -0.4 is 5.32 Å². The summed E-state index contributed by atoms with van der Waals surface area (Å²) in [6, 6.07) is 6.28. The first kappa shape index (κ1) is 14.4. The molecule has 0 radical (unpaired) electrons. The minimum absolute atomic E-state index is 0.108. The topological polar surface area (TPSA) is 81.7 Å². The van der Waals surface area contributed by atoms with E-state index in [2.05, 4.69) is 21.2 Å². The number of carbonyl (C=O) groups excluding carboxylic acids is 2. The summed E-state index contributed by atoms with van der Waals surface area (Å²) in [7, 11) is 0. The van der Waals surface area contributed by atoms with E-state index in [1.807, 2.05) is 0 Å². The Morgan fingerprint density at radius 1 is 1.20 bits per heavy atom. The van der Waals surface area contributed by atoms with Gasteiger partial charge in [-0.05, 0) is 47.1 Å². The smallest absolute Gasteiger partial charge is 0.374 e. The zero-order chi connectivity index (χ0) is 14.5. The average Bonchev–Trinajstić information content (AvgIpc) is 3.05. The monoisotopic (exact) mass is 341 g/mol. The molecular formula is C13H12BrNO5. The van der Waals surface area contributed by atoms with Crippen LogP contribution in [0, 0.1) is 0 Å². The normalized spacial score (nSPS) is 10.3. The third kappa shape index (κ3) is 3.51. The summed E-state index contributed by atoms with van der Waals surface area (Å²) in [4.78, 5) is 23.1. The van der Waals surface area contributed by atoms with Gasteiger partial charge in [-0.3, -0.25) is 4.79 Å². The van der Waals surface area contributed by atoms with E-state index >= 15 is 0 Å². The number of esters is 1. The van der Waals surface area contributed by atoms with E-state index in [1.54, 1.807) is 25.1 Å². The molecular weight excluding hydrogens is 330 g/mol. The molecule has 0 saturated heterocycles. The molecule has 2 heterocycles. The summed E-state index contributed by atoms with van der Waals surface area (Å²) in [5.41, 5.74) is 0. The Kier molecular flexibility index (Phi) is 4.62. The lowest BCUT2D eigenvalue weighted by Crippen LogP contribution is -2.21. The Bertz CT molecular complexity index is 616. The predicted octanol–water partition coefficient (Wildman–Crippen LogP) is 2.74. The molecule has 0 spiro atoms. The van der Waals surface area contributed by atoms with Crippen molar-refractivity contribution in [1.29, 1.82) is 0 Å². The summed E-state index contributed by atoms with van der Waals surface area (Å²) in [5, 5.41) is 2.61. The predicted molar refractivity (Wildman–Crippen MR) is 72.2 cm³/mol. The van der Waals surface area contributed by atoms with Gasteiger partial charge in [0.05, 0.1) is 13.2 Å². The van der Waals surface area contributed by atoms with Gasteiger partial charge in [0.15, 0.2) is 10.4 Å². The van der Waals surface area contributed by atoms with Gasteiger partial charge >= 0.3 is 5.97 Å². The molecule has 2 aromatic rings. The van der Waals surface area contributed by atoms with Gasteiger partial charge < -0.3 is 18.9 Å². The van der Waals surface area contributed by atoms with Crippen molar-refractivity contribution in [2.24, 2.45) is 0 Å². The number of amides is 1. The van der Waals surface area contributed by atoms with Gasteiger partial charge in [-0.1, -0.05) is 0 Å². The van der Waals surface area contributed by atoms with E-state index in [1.165, 1.54) is 6.07 Å². The molecule has 0 unspecified atom stereocenters. The molecule has 7 heteroatoms. The standard InChI is InChI=1S/C13H12BrNO5/c1-2-18-13(17)10-4-3-8(19-10)7-15-12(16)9-5-6-11(14)20-9/h3-6H,2,7H2,1H3,(H,15,16). The summed E-state index contributed by atoms with van der Waals surface area (Å²) in [6.07, 6.45) is 0. The molecule has 0 aliphatic carbocycles. The van der Waals surface area contributed by atoms with Crippen LogP contribution in [0.15, 0.2) is 37.8 Å². The van der Waals surface area contributed by atoms with Gasteiger partial charge in [0, 0.05) is 0 Å². The lowest BCUT2D eigenvalue weighted by Gasteiger charge is -2.00.